The zero-order valence-electron chi connectivity index (χ0n) is 9.09. The van der Waals surface area contributed by atoms with Gasteiger partial charge in [0.25, 0.3) is 0 Å². The summed E-state index contributed by atoms with van der Waals surface area (Å²) in [5.74, 6) is 0.845. The van der Waals surface area contributed by atoms with Crippen LogP contribution in [0.3, 0.4) is 0 Å². The minimum atomic E-state index is -0.271. The summed E-state index contributed by atoms with van der Waals surface area (Å²) in [6.45, 7) is 0.654. The molecule has 1 aliphatic carbocycles. The maximum Gasteiger partial charge on any atom is 0.140 e. The highest BCUT2D eigenvalue weighted by Gasteiger charge is 2.41. The molecule has 5 heteroatoms. The number of pyridine rings is 1. The Kier molecular flexibility index (Phi) is 3.25. The number of hydrogen-bond acceptors (Lipinski definition) is 4. The second-order valence-electron chi connectivity index (χ2n) is 4.04. The number of carbonyl (C=O) groups is 1. The number of nitrogens with zero attached hydrogens (tertiary/aromatic N) is 1. The van der Waals surface area contributed by atoms with Crippen molar-refractivity contribution in [1.82, 2.24) is 10.3 Å². The maximum absolute atomic E-state index is 10.8. The molecule has 86 valence electrons. The molecule has 1 aliphatic rings. The number of nitrogens with one attached hydrogen (secondary N) is 2. The summed E-state index contributed by atoms with van der Waals surface area (Å²) in [4.78, 5) is 15.1. The average molecular weight is 284 g/mol. The second kappa shape index (κ2) is 4.51. The van der Waals surface area contributed by atoms with E-state index >= 15 is 0 Å². The van der Waals surface area contributed by atoms with Gasteiger partial charge in [-0.25, -0.2) is 4.98 Å². The smallest absolute Gasteiger partial charge is 0.140 e. The summed E-state index contributed by atoms with van der Waals surface area (Å²) in [5.41, 5.74) is 0.790. The zero-order chi connectivity index (χ0) is 11.6. The van der Waals surface area contributed by atoms with Gasteiger partial charge in [-0.05, 0) is 34.8 Å². The standard InChI is InChI=1S/C11H14BrN3O/c1-13-10-8(4-9(12)6-14-10)5-15-11(7-16)2-3-11/h4,6-7,15H,2-3,5H2,1H3,(H,13,14). The monoisotopic (exact) mass is 283 g/mol. The van der Waals surface area contributed by atoms with E-state index in [1.165, 1.54) is 0 Å². The fourth-order valence-electron chi connectivity index (χ4n) is 1.58. The molecule has 1 heterocycles. The molecular weight excluding hydrogens is 270 g/mol. The fraction of sp³-hybridized carbons (Fsp3) is 0.455. The summed E-state index contributed by atoms with van der Waals surface area (Å²) in [5, 5.41) is 6.31. The Labute approximate surface area is 103 Å². The van der Waals surface area contributed by atoms with Crippen LogP contribution in [0, 0.1) is 0 Å². The number of aromatic nitrogens is 1. The predicted octanol–water partition coefficient (Wildman–Crippen LogP) is 1.71. The van der Waals surface area contributed by atoms with Gasteiger partial charge in [-0.2, -0.15) is 0 Å². The average Bonchev–Trinajstić information content (AvgIpc) is 3.07. The highest BCUT2D eigenvalue weighted by Crippen LogP contribution is 2.33. The van der Waals surface area contributed by atoms with Crippen LogP contribution in [0.4, 0.5) is 5.82 Å². The molecule has 0 aliphatic heterocycles. The maximum atomic E-state index is 10.8. The largest absolute Gasteiger partial charge is 0.373 e. The van der Waals surface area contributed by atoms with E-state index in [-0.39, 0.29) is 5.54 Å². The summed E-state index contributed by atoms with van der Waals surface area (Å²) in [7, 11) is 1.84. The lowest BCUT2D eigenvalue weighted by molar-refractivity contribution is -0.110. The van der Waals surface area contributed by atoms with Crippen molar-refractivity contribution in [1.29, 1.82) is 0 Å². The molecule has 1 aromatic rings. The van der Waals surface area contributed by atoms with E-state index in [4.69, 9.17) is 0 Å². The van der Waals surface area contributed by atoms with Crippen molar-refractivity contribution in [2.75, 3.05) is 12.4 Å². The lowest BCUT2D eigenvalue weighted by Gasteiger charge is -2.13. The SMILES string of the molecule is CNc1ncc(Br)cc1CNC1(C=O)CC1. The molecule has 2 rings (SSSR count). The van der Waals surface area contributed by atoms with E-state index in [2.05, 4.69) is 31.5 Å². The highest BCUT2D eigenvalue weighted by atomic mass is 79.9. The van der Waals surface area contributed by atoms with Gasteiger partial charge in [0, 0.05) is 29.8 Å². The Bertz CT molecular complexity index is 404. The van der Waals surface area contributed by atoms with Crippen molar-refractivity contribution < 1.29 is 4.79 Å². The third kappa shape index (κ3) is 2.41. The Hall–Kier alpha value is -0.940. The molecule has 0 bridgehead atoms. The fourth-order valence-corrected chi connectivity index (χ4v) is 1.96. The molecule has 0 unspecified atom stereocenters. The molecule has 0 saturated heterocycles. The highest BCUT2D eigenvalue weighted by molar-refractivity contribution is 9.10. The van der Waals surface area contributed by atoms with Gasteiger partial charge >= 0.3 is 0 Å². The van der Waals surface area contributed by atoms with Crippen LogP contribution in [0.25, 0.3) is 0 Å². The van der Waals surface area contributed by atoms with Gasteiger partial charge in [-0.1, -0.05) is 0 Å². The van der Waals surface area contributed by atoms with Gasteiger partial charge < -0.3 is 15.4 Å². The topological polar surface area (TPSA) is 54.0 Å². The van der Waals surface area contributed by atoms with E-state index in [0.29, 0.717) is 6.54 Å². The van der Waals surface area contributed by atoms with E-state index in [9.17, 15) is 4.79 Å². The quantitative estimate of drug-likeness (QED) is 0.808. The zero-order valence-corrected chi connectivity index (χ0v) is 10.7. The van der Waals surface area contributed by atoms with E-state index in [1.54, 1.807) is 6.20 Å². The van der Waals surface area contributed by atoms with Crippen molar-refractivity contribution >= 4 is 28.0 Å². The van der Waals surface area contributed by atoms with Crippen LogP contribution in [0.5, 0.6) is 0 Å². The van der Waals surface area contributed by atoms with Gasteiger partial charge in [0.1, 0.15) is 12.1 Å². The first kappa shape index (κ1) is 11.5. The van der Waals surface area contributed by atoms with Crippen LogP contribution in [0.15, 0.2) is 16.7 Å². The predicted molar refractivity (Wildman–Crippen MR) is 66.4 cm³/mol. The molecule has 0 atom stereocenters. The van der Waals surface area contributed by atoms with Gasteiger partial charge in [0.05, 0.1) is 5.54 Å². The van der Waals surface area contributed by atoms with Gasteiger partial charge in [0.15, 0.2) is 0 Å². The molecule has 1 fully saturated rings. The first-order valence-corrected chi connectivity index (χ1v) is 6.02. The minimum Gasteiger partial charge on any atom is -0.373 e. The van der Waals surface area contributed by atoms with Crippen molar-refractivity contribution in [2.24, 2.45) is 0 Å². The molecular formula is C11H14BrN3O. The van der Waals surface area contributed by atoms with Crippen LogP contribution >= 0.6 is 15.9 Å². The van der Waals surface area contributed by atoms with Crippen LogP contribution < -0.4 is 10.6 Å². The Morgan fingerprint density at radius 1 is 1.62 bits per heavy atom. The second-order valence-corrected chi connectivity index (χ2v) is 4.95. The van der Waals surface area contributed by atoms with Crippen molar-refractivity contribution in [2.45, 2.75) is 24.9 Å². The van der Waals surface area contributed by atoms with E-state index < -0.39 is 0 Å². The van der Waals surface area contributed by atoms with Crippen LogP contribution in [0.2, 0.25) is 0 Å². The Balaban J connectivity index is 2.08. The molecule has 0 aromatic carbocycles. The number of hydrogen-bond donors (Lipinski definition) is 2. The van der Waals surface area contributed by atoms with Crippen molar-refractivity contribution in [3.63, 3.8) is 0 Å². The van der Waals surface area contributed by atoms with Crippen LogP contribution in [-0.2, 0) is 11.3 Å². The molecule has 16 heavy (non-hydrogen) atoms. The Morgan fingerprint density at radius 3 is 2.94 bits per heavy atom. The molecule has 1 aromatic heterocycles. The summed E-state index contributed by atoms with van der Waals surface area (Å²) >= 11 is 3.39. The van der Waals surface area contributed by atoms with Crippen molar-refractivity contribution in [3.05, 3.63) is 22.3 Å². The summed E-state index contributed by atoms with van der Waals surface area (Å²) < 4.78 is 0.944. The number of aldehydes is 1. The van der Waals surface area contributed by atoms with E-state index in [0.717, 1.165) is 35.0 Å². The third-order valence-electron chi connectivity index (χ3n) is 2.82. The lowest BCUT2D eigenvalue weighted by atomic mass is 10.2. The first-order valence-electron chi connectivity index (χ1n) is 5.23. The lowest BCUT2D eigenvalue weighted by Crippen LogP contribution is -2.32. The third-order valence-corrected chi connectivity index (χ3v) is 3.25. The molecule has 1 saturated carbocycles. The van der Waals surface area contributed by atoms with Crippen molar-refractivity contribution in [3.8, 4) is 0 Å². The molecule has 4 nitrogen and oxygen atoms in total. The first-order chi connectivity index (χ1) is 7.69. The normalized spacial score (nSPS) is 16.9. The van der Waals surface area contributed by atoms with Gasteiger partial charge in [-0.15, -0.1) is 0 Å². The van der Waals surface area contributed by atoms with Gasteiger partial charge in [0.2, 0.25) is 0 Å². The molecule has 0 radical (unpaired) electrons. The number of halogens is 1. The number of anilines is 1. The Morgan fingerprint density at radius 2 is 2.38 bits per heavy atom. The van der Waals surface area contributed by atoms with Crippen LogP contribution in [0.1, 0.15) is 18.4 Å². The number of rotatable bonds is 5. The van der Waals surface area contributed by atoms with Gasteiger partial charge in [-0.3, -0.25) is 0 Å². The van der Waals surface area contributed by atoms with E-state index in [1.807, 2.05) is 13.1 Å². The summed E-state index contributed by atoms with van der Waals surface area (Å²) in [6, 6.07) is 2.01. The number of carbonyl (C=O) groups excluding carboxylic acids is 1. The van der Waals surface area contributed by atoms with Crippen LogP contribution in [-0.4, -0.2) is 23.9 Å². The minimum absolute atomic E-state index is 0.271. The molecule has 0 spiro atoms. The molecule has 0 amide bonds. The molecule has 2 N–H and O–H groups in total. The summed E-state index contributed by atoms with van der Waals surface area (Å²) in [6.07, 6.45) is 4.64.